The molecule has 2 aliphatic rings. The van der Waals surface area contributed by atoms with Crippen LogP contribution in [0.5, 0.6) is 5.75 Å². The van der Waals surface area contributed by atoms with Crippen LogP contribution < -0.4 is 25.6 Å². The Morgan fingerprint density at radius 2 is 1.65 bits per heavy atom. The molecule has 4 rings (SSSR count). The Labute approximate surface area is 281 Å². The van der Waals surface area contributed by atoms with Gasteiger partial charge in [-0.1, -0.05) is 29.8 Å². The molecule has 0 radical (unpaired) electrons. The summed E-state index contributed by atoms with van der Waals surface area (Å²) in [6, 6.07) is 12.7. The molecule has 0 aromatic heterocycles. The molecule has 1 unspecified atom stereocenters. The normalized spacial score (nSPS) is 16.7. The number of dihydropyridines is 1. The van der Waals surface area contributed by atoms with E-state index in [0.29, 0.717) is 34.2 Å². The highest BCUT2D eigenvalue weighted by Crippen LogP contribution is 2.41. The fraction of sp³-hybridized carbons (Fsp3) is 0.424. The molecule has 0 bridgehead atoms. The lowest BCUT2D eigenvalue weighted by Gasteiger charge is -2.36. The van der Waals surface area contributed by atoms with Crippen molar-refractivity contribution in [3.05, 3.63) is 75.6 Å². The number of rotatable bonds is 11. The number of anilines is 2. The molecule has 1 fully saturated rings. The van der Waals surface area contributed by atoms with E-state index in [1.807, 2.05) is 18.2 Å². The minimum atomic E-state index is -0.790. The number of ether oxygens (including phenoxy) is 3. The Hall–Kier alpha value is -3.93. The summed E-state index contributed by atoms with van der Waals surface area (Å²) in [6.45, 7) is 10.4. The van der Waals surface area contributed by atoms with Crippen LogP contribution in [0.15, 0.2) is 65.0 Å². The number of nitrogens with one attached hydrogen (secondary N) is 3. The number of hydrogen-bond acceptors (Lipinski definition) is 9. The monoisotopic (exact) mass is 675 g/mol. The van der Waals surface area contributed by atoms with E-state index in [-0.39, 0.29) is 30.2 Å². The zero-order valence-electron chi connectivity index (χ0n) is 26.9. The Morgan fingerprint density at radius 1 is 0.978 bits per heavy atom. The molecule has 1 atom stereocenters. The van der Waals surface area contributed by atoms with Gasteiger partial charge in [-0.05, 0) is 63.6 Å². The number of allylic oxidation sites excluding steroid dienone is 2. The van der Waals surface area contributed by atoms with Crippen LogP contribution >= 0.6 is 24.0 Å². The SMILES string of the molecule is CCOC(=O)C1=C(C)NC(C)=C(C(=O)OC)C1c1ccc(Cl)c(NC(=O)NCCCN2CCN(c3ccccc3OC)CC2)c1.Cl. The topological polar surface area (TPSA) is 121 Å². The van der Waals surface area contributed by atoms with Gasteiger partial charge in [-0.2, -0.15) is 0 Å². The standard InChI is InChI=1S/C33H42ClN5O6.ClH/c1-6-45-32(41)29-22(3)36-21(2)28(31(40)44-5)30(29)23-12-13-24(34)25(20-23)37-33(42)35-14-9-15-38-16-18-39(19-17-38)26-10-7-8-11-27(26)43-4;/h7-8,10-13,20,30,36H,6,9,14-19H2,1-5H3,(H2,35,37,42);1H. The van der Waals surface area contributed by atoms with Gasteiger partial charge in [0.15, 0.2) is 0 Å². The second-order valence-electron chi connectivity index (χ2n) is 10.8. The van der Waals surface area contributed by atoms with Gasteiger partial charge in [0, 0.05) is 44.1 Å². The first-order valence-corrected chi connectivity index (χ1v) is 15.4. The quantitative estimate of drug-likeness (QED) is 0.221. The number of esters is 2. The number of piperazine rings is 1. The molecule has 13 heteroatoms. The summed E-state index contributed by atoms with van der Waals surface area (Å²) >= 11 is 6.47. The minimum absolute atomic E-state index is 0. The van der Waals surface area contributed by atoms with E-state index in [0.717, 1.165) is 50.6 Å². The number of methoxy groups -OCH3 is 2. The second kappa shape index (κ2) is 17.1. The van der Waals surface area contributed by atoms with Crippen LogP contribution in [0, 0.1) is 0 Å². The van der Waals surface area contributed by atoms with Crippen molar-refractivity contribution < 1.29 is 28.6 Å². The van der Waals surface area contributed by atoms with Crippen molar-refractivity contribution in [2.45, 2.75) is 33.1 Å². The fourth-order valence-corrected chi connectivity index (χ4v) is 5.94. The number of nitrogens with zero attached hydrogens (tertiary/aromatic N) is 2. The van der Waals surface area contributed by atoms with Gasteiger partial charge in [0.25, 0.3) is 0 Å². The first-order valence-electron chi connectivity index (χ1n) is 15.1. The summed E-state index contributed by atoms with van der Waals surface area (Å²) in [5, 5.41) is 9.13. The number of carbonyl (C=O) groups is 3. The van der Waals surface area contributed by atoms with Crippen molar-refractivity contribution in [2.24, 2.45) is 0 Å². The van der Waals surface area contributed by atoms with Crippen molar-refractivity contribution in [1.82, 2.24) is 15.5 Å². The highest BCUT2D eigenvalue weighted by atomic mass is 35.5. The predicted molar refractivity (Wildman–Crippen MR) is 182 cm³/mol. The van der Waals surface area contributed by atoms with E-state index >= 15 is 0 Å². The molecular weight excluding hydrogens is 633 g/mol. The van der Waals surface area contributed by atoms with E-state index in [9.17, 15) is 14.4 Å². The predicted octanol–water partition coefficient (Wildman–Crippen LogP) is 5.08. The van der Waals surface area contributed by atoms with E-state index in [1.54, 1.807) is 46.1 Å². The first kappa shape index (κ1) is 36.5. The van der Waals surface area contributed by atoms with Gasteiger partial charge >= 0.3 is 18.0 Å². The number of para-hydroxylation sites is 2. The van der Waals surface area contributed by atoms with E-state index in [2.05, 4.69) is 31.8 Å². The number of hydrogen-bond donors (Lipinski definition) is 3. The van der Waals surface area contributed by atoms with Gasteiger partial charge in [-0.3, -0.25) is 4.90 Å². The molecule has 2 amide bonds. The Morgan fingerprint density at radius 3 is 2.30 bits per heavy atom. The molecule has 3 N–H and O–H groups in total. The van der Waals surface area contributed by atoms with Gasteiger partial charge in [0.1, 0.15) is 5.75 Å². The molecule has 1 saturated heterocycles. The maximum absolute atomic E-state index is 13.0. The van der Waals surface area contributed by atoms with Gasteiger partial charge in [-0.25, -0.2) is 14.4 Å². The zero-order chi connectivity index (χ0) is 32.5. The summed E-state index contributed by atoms with van der Waals surface area (Å²) in [5.41, 5.74) is 3.70. The van der Waals surface area contributed by atoms with Crippen LogP contribution in [-0.4, -0.2) is 83.0 Å². The van der Waals surface area contributed by atoms with Crippen LogP contribution in [0.25, 0.3) is 0 Å². The van der Waals surface area contributed by atoms with Crippen molar-refractivity contribution >= 4 is 53.4 Å². The lowest BCUT2D eigenvalue weighted by atomic mass is 9.80. The molecule has 2 aliphatic heterocycles. The second-order valence-corrected chi connectivity index (χ2v) is 11.2. The van der Waals surface area contributed by atoms with Crippen LogP contribution in [0.4, 0.5) is 16.2 Å². The number of carbonyl (C=O) groups excluding carboxylic acids is 3. The summed E-state index contributed by atoms with van der Waals surface area (Å²) < 4.78 is 15.9. The van der Waals surface area contributed by atoms with E-state index in [4.69, 9.17) is 25.8 Å². The first-order chi connectivity index (χ1) is 21.7. The van der Waals surface area contributed by atoms with Crippen LogP contribution in [0.2, 0.25) is 5.02 Å². The maximum atomic E-state index is 13.0. The molecule has 0 spiro atoms. The van der Waals surface area contributed by atoms with E-state index in [1.165, 1.54) is 7.11 Å². The third kappa shape index (κ3) is 8.65. The smallest absolute Gasteiger partial charge is 0.336 e. The molecule has 2 aromatic carbocycles. The third-order valence-corrected chi connectivity index (χ3v) is 8.30. The zero-order valence-corrected chi connectivity index (χ0v) is 28.5. The molecule has 46 heavy (non-hydrogen) atoms. The van der Waals surface area contributed by atoms with Crippen molar-refractivity contribution in [1.29, 1.82) is 0 Å². The van der Waals surface area contributed by atoms with Crippen molar-refractivity contribution in [3.8, 4) is 5.75 Å². The summed E-state index contributed by atoms with van der Waals surface area (Å²) in [4.78, 5) is 43.5. The minimum Gasteiger partial charge on any atom is -0.495 e. The Bertz CT molecular complexity index is 1470. The average Bonchev–Trinajstić information content (AvgIpc) is 3.03. The maximum Gasteiger partial charge on any atom is 0.336 e. The lowest BCUT2D eigenvalue weighted by molar-refractivity contribution is -0.139. The van der Waals surface area contributed by atoms with E-state index < -0.39 is 23.9 Å². The number of benzene rings is 2. The highest BCUT2D eigenvalue weighted by Gasteiger charge is 2.38. The van der Waals surface area contributed by atoms with Crippen molar-refractivity contribution in [3.63, 3.8) is 0 Å². The Balaban J connectivity index is 0.00000576. The van der Waals surface area contributed by atoms with Crippen LogP contribution in [-0.2, 0) is 19.1 Å². The summed E-state index contributed by atoms with van der Waals surface area (Å²) in [6.07, 6.45) is 0.782. The summed E-state index contributed by atoms with van der Waals surface area (Å²) in [7, 11) is 2.98. The average molecular weight is 677 g/mol. The molecule has 2 heterocycles. The van der Waals surface area contributed by atoms with Gasteiger partial charge in [0.05, 0.1) is 54.3 Å². The van der Waals surface area contributed by atoms with Crippen molar-refractivity contribution in [2.75, 3.05) is 70.3 Å². The fourth-order valence-electron chi connectivity index (χ4n) is 5.78. The number of urea groups is 1. The summed E-state index contributed by atoms with van der Waals surface area (Å²) in [5.74, 6) is -1.04. The third-order valence-electron chi connectivity index (χ3n) is 7.97. The number of amides is 2. The molecule has 2 aromatic rings. The molecule has 11 nitrogen and oxygen atoms in total. The van der Waals surface area contributed by atoms with Crippen LogP contribution in [0.1, 0.15) is 38.7 Å². The lowest BCUT2D eigenvalue weighted by Crippen LogP contribution is -2.47. The molecule has 250 valence electrons. The molecular formula is C33H43Cl2N5O6. The number of halogens is 2. The van der Waals surface area contributed by atoms with Crippen LogP contribution in [0.3, 0.4) is 0 Å². The van der Waals surface area contributed by atoms with Gasteiger partial charge in [-0.15, -0.1) is 12.4 Å². The largest absolute Gasteiger partial charge is 0.495 e. The molecule has 0 saturated carbocycles. The Kier molecular flexibility index (Phi) is 13.6. The van der Waals surface area contributed by atoms with Gasteiger partial charge < -0.3 is 35.1 Å². The van der Waals surface area contributed by atoms with Gasteiger partial charge in [0.2, 0.25) is 0 Å². The molecule has 0 aliphatic carbocycles. The highest BCUT2D eigenvalue weighted by molar-refractivity contribution is 6.33.